The fourth-order valence-corrected chi connectivity index (χ4v) is 6.36. The predicted molar refractivity (Wildman–Crippen MR) is 138 cm³/mol. The molecular weight excluding hydrogens is 506 g/mol. The highest BCUT2D eigenvalue weighted by molar-refractivity contribution is 6.25. The fourth-order valence-electron chi connectivity index (χ4n) is 6.36. The van der Waals surface area contributed by atoms with Crippen molar-refractivity contribution < 1.29 is 39.6 Å². The molecule has 0 fully saturated rings. The number of likely N-dealkylation sites (N-methyl/N-ethyl adjacent to an activating group) is 1. The van der Waals surface area contributed by atoms with Crippen LogP contribution in [0.25, 0.3) is 11.1 Å². The monoisotopic (exact) mass is 533 g/mol. The summed E-state index contributed by atoms with van der Waals surface area (Å²) in [4.78, 5) is 52.5. The number of hydrogen-bond donors (Lipinski definition) is 6. The Morgan fingerprint density at radius 2 is 1.72 bits per heavy atom. The average Bonchev–Trinajstić information content (AvgIpc) is 2.86. The van der Waals surface area contributed by atoms with Gasteiger partial charge >= 0.3 is 0 Å². The number of nitrogens with two attached hydrogens (primary N) is 2. The van der Waals surface area contributed by atoms with Crippen LogP contribution in [0.5, 0.6) is 5.75 Å². The second-order valence-corrected chi connectivity index (χ2v) is 10.4. The van der Waals surface area contributed by atoms with Crippen molar-refractivity contribution in [2.75, 3.05) is 14.1 Å². The number of phenols is 1. The molecule has 5 rings (SSSR count). The standard InChI is InChI=1S/C28H27N3O8/c1-31(2)21-16-10-13-9-15-14(11-4-3-5-12(8-11)26(29)37)6-7-17(32)19(15)22(33)18(13)24(35)28(16,39)25(36)20(23(21)34)27(30)38/h3-8,13,16,21,32,34-35,39H,9-10H2,1-2H3,(H2,29,37)(H2,30,38)/t13-,16-,21-,28-/m1/s1. The van der Waals surface area contributed by atoms with E-state index in [-0.39, 0.29) is 35.3 Å². The minimum atomic E-state index is -2.70. The molecule has 0 saturated heterocycles. The number of rotatable bonds is 4. The first-order valence-corrected chi connectivity index (χ1v) is 12.2. The molecule has 0 radical (unpaired) electrons. The van der Waals surface area contributed by atoms with E-state index in [1.54, 1.807) is 44.4 Å². The SMILES string of the molecule is CN(C)[C@H]1C(O)=C(C(N)=O)C(=O)[C@]2(O)C(O)=C3C(=O)c4c(O)ccc(-c5cccc(C(N)=O)c5)c4C[C@@H]3C[C@H]12. The predicted octanol–water partition coefficient (Wildman–Crippen LogP) is 0.887. The number of phenolic OH excluding ortho intramolecular Hbond substituents is 1. The molecule has 2 aromatic rings. The van der Waals surface area contributed by atoms with E-state index in [0.717, 1.165) is 0 Å². The molecule has 2 aromatic carbocycles. The molecule has 0 aliphatic heterocycles. The third-order valence-corrected chi connectivity index (χ3v) is 8.06. The zero-order chi connectivity index (χ0) is 28.5. The van der Waals surface area contributed by atoms with Crippen molar-refractivity contribution >= 4 is 23.4 Å². The Morgan fingerprint density at radius 3 is 2.33 bits per heavy atom. The molecule has 0 heterocycles. The van der Waals surface area contributed by atoms with Gasteiger partial charge in [-0.05, 0) is 67.7 Å². The van der Waals surface area contributed by atoms with Gasteiger partial charge in [-0.1, -0.05) is 18.2 Å². The highest BCUT2D eigenvalue weighted by Gasteiger charge is 2.63. The van der Waals surface area contributed by atoms with E-state index in [4.69, 9.17) is 11.5 Å². The van der Waals surface area contributed by atoms with Gasteiger partial charge in [0.1, 0.15) is 22.8 Å². The van der Waals surface area contributed by atoms with Gasteiger partial charge in [-0.2, -0.15) is 0 Å². The highest BCUT2D eigenvalue weighted by atomic mass is 16.3. The molecule has 3 aliphatic rings. The number of aliphatic hydroxyl groups excluding tert-OH is 2. The van der Waals surface area contributed by atoms with Crippen LogP contribution >= 0.6 is 0 Å². The molecule has 2 amide bonds. The van der Waals surface area contributed by atoms with Gasteiger partial charge in [0.15, 0.2) is 11.4 Å². The molecule has 0 aromatic heterocycles. The quantitative estimate of drug-likeness (QED) is 0.308. The van der Waals surface area contributed by atoms with Crippen LogP contribution in [0.3, 0.4) is 0 Å². The van der Waals surface area contributed by atoms with Crippen LogP contribution in [0.1, 0.15) is 32.7 Å². The van der Waals surface area contributed by atoms with E-state index < -0.39 is 64.0 Å². The average molecular weight is 534 g/mol. The molecule has 202 valence electrons. The Labute approximate surface area is 222 Å². The first kappa shape index (κ1) is 26.1. The highest BCUT2D eigenvalue weighted by Crippen LogP contribution is 2.53. The van der Waals surface area contributed by atoms with Crippen molar-refractivity contribution in [1.82, 2.24) is 4.90 Å². The van der Waals surface area contributed by atoms with Gasteiger partial charge in [-0.3, -0.25) is 24.1 Å². The normalized spacial score (nSPS) is 26.3. The second kappa shape index (κ2) is 8.79. The van der Waals surface area contributed by atoms with Crippen molar-refractivity contribution in [2.45, 2.75) is 24.5 Å². The van der Waals surface area contributed by atoms with Gasteiger partial charge in [0, 0.05) is 17.1 Å². The number of hydrogen-bond acceptors (Lipinski definition) is 9. The summed E-state index contributed by atoms with van der Waals surface area (Å²) in [6, 6.07) is 8.31. The van der Waals surface area contributed by atoms with E-state index in [1.165, 1.54) is 11.0 Å². The van der Waals surface area contributed by atoms with Crippen LogP contribution in [0.15, 0.2) is 59.1 Å². The molecule has 8 N–H and O–H groups in total. The van der Waals surface area contributed by atoms with E-state index in [0.29, 0.717) is 16.7 Å². The van der Waals surface area contributed by atoms with Crippen LogP contribution in [0.4, 0.5) is 0 Å². The number of Topliss-reactive ketones (excluding diaryl/α,β-unsaturated/α-hetero) is 2. The zero-order valence-corrected chi connectivity index (χ0v) is 21.1. The summed E-state index contributed by atoms with van der Waals surface area (Å²) in [5.41, 5.74) is 8.70. The molecular formula is C28H27N3O8. The number of amides is 2. The van der Waals surface area contributed by atoms with Crippen LogP contribution in [-0.2, 0) is 16.0 Å². The number of aromatic hydroxyl groups is 1. The molecule has 0 saturated carbocycles. The number of ketones is 2. The minimum absolute atomic E-state index is 0.0256. The van der Waals surface area contributed by atoms with Crippen molar-refractivity contribution in [3.05, 3.63) is 75.8 Å². The first-order chi connectivity index (χ1) is 18.3. The van der Waals surface area contributed by atoms with Crippen molar-refractivity contribution in [2.24, 2.45) is 23.3 Å². The summed E-state index contributed by atoms with van der Waals surface area (Å²) < 4.78 is 0. The van der Waals surface area contributed by atoms with Gasteiger partial charge in [0.2, 0.25) is 11.7 Å². The van der Waals surface area contributed by atoms with Gasteiger partial charge in [0.25, 0.3) is 5.91 Å². The van der Waals surface area contributed by atoms with E-state index in [9.17, 15) is 39.6 Å². The number of allylic oxidation sites excluding steroid dienone is 1. The molecule has 39 heavy (non-hydrogen) atoms. The molecule has 11 nitrogen and oxygen atoms in total. The van der Waals surface area contributed by atoms with E-state index >= 15 is 0 Å². The van der Waals surface area contributed by atoms with Crippen LogP contribution in [0, 0.1) is 11.8 Å². The maximum atomic E-state index is 13.8. The lowest BCUT2D eigenvalue weighted by atomic mass is 9.58. The third kappa shape index (κ3) is 3.57. The lowest BCUT2D eigenvalue weighted by molar-refractivity contribution is -0.148. The van der Waals surface area contributed by atoms with E-state index in [1.807, 2.05) is 0 Å². The number of carbonyl (C=O) groups excluding carboxylic acids is 4. The summed E-state index contributed by atoms with van der Waals surface area (Å²) in [5, 5.41) is 44.6. The fraction of sp³-hybridized carbons (Fsp3) is 0.286. The lowest BCUT2D eigenvalue weighted by Gasteiger charge is -2.50. The van der Waals surface area contributed by atoms with Crippen molar-refractivity contribution in [1.29, 1.82) is 0 Å². The Morgan fingerprint density at radius 1 is 1.03 bits per heavy atom. The molecule has 0 bridgehead atoms. The van der Waals surface area contributed by atoms with Crippen LogP contribution in [-0.4, -0.2) is 74.4 Å². The molecule has 0 unspecified atom stereocenters. The summed E-state index contributed by atoms with van der Waals surface area (Å²) in [7, 11) is 3.13. The summed E-state index contributed by atoms with van der Waals surface area (Å²) in [5.74, 6) is -7.76. The lowest BCUT2D eigenvalue weighted by Crippen LogP contribution is -2.63. The van der Waals surface area contributed by atoms with E-state index in [2.05, 4.69) is 0 Å². The molecule has 11 heteroatoms. The maximum Gasteiger partial charge on any atom is 0.255 e. The number of benzene rings is 2. The number of fused-ring (bicyclic) bond motifs is 3. The molecule has 0 spiro atoms. The smallest absolute Gasteiger partial charge is 0.255 e. The van der Waals surface area contributed by atoms with Gasteiger partial charge < -0.3 is 31.9 Å². The van der Waals surface area contributed by atoms with Crippen molar-refractivity contribution in [3.63, 3.8) is 0 Å². The Hall–Kier alpha value is -4.48. The first-order valence-electron chi connectivity index (χ1n) is 12.2. The van der Waals surface area contributed by atoms with Gasteiger partial charge in [0.05, 0.1) is 11.6 Å². The largest absolute Gasteiger partial charge is 0.510 e. The maximum absolute atomic E-state index is 13.8. The van der Waals surface area contributed by atoms with Gasteiger partial charge in [-0.25, -0.2) is 0 Å². The second-order valence-electron chi connectivity index (χ2n) is 10.4. The molecule has 3 aliphatic carbocycles. The third-order valence-electron chi connectivity index (χ3n) is 8.06. The number of primary amides is 2. The summed E-state index contributed by atoms with van der Waals surface area (Å²) in [6.07, 6.45) is 0.0985. The van der Waals surface area contributed by atoms with Crippen molar-refractivity contribution in [3.8, 4) is 16.9 Å². The number of carbonyl (C=O) groups is 4. The minimum Gasteiger partial charge on any atom is -0.510 e. The Bertz CT molecular complexity index is 1560. The van der Waals surface area contributed by atoms with Crippen LogP contribution < -0.4 is 11.5 Å². The number of aliphatic hydroxyl groups is 3. The zero-order valence-electron chi connectivity index (χ0n) is 21.1. The topological polar surface area (TPSA) is 204 Å². The van der Waals surface area contributed by atoms with Gasteiger partial charge in [-0.15, -0.1) is 0 Å². The summed E-state index contributed by atoms with van der Waals surface area (Å²) in [6.45, 7) is 0. The van der Waals surface area contributed by atoms with Crippen LogP contribution in [0.2, 0.25) is 0 Å². The Kier molecular flexibility index (Phi) is 5.89. The Balaban J connectivity index is 1.72. The number of nitrogens with zero attached hydrogens (tertiary/aromatic N) is 1. The molecule has 4 atom stereocenters. The summed E-state index contributed by atoms with van der Waals surface area (Å²) >= 11 is 0.